The van der Waals surface area contributed by atoms with E-state index in [0.29, 0.717) is 17.7 Å². The summed E-state index contributed by atoms with van der Waals surface area (Å²) in [5.41, 5.74) is 5.34. The Bertz CT molecular complexity index is 1730. The Morgan fingerprint density at radius 2 is 1.60 bits per heavy atom. The Balaban J connectivity index is 2.39. The summed E-state index contributed by atoms with van der Waals surface area (Å²) in [6.07, 6.45) is -0.115. The van der Waals surface area contributed by atoms with Crippen molar-refractivity contribution < 1.29 is 52.9 Å². The number of hydrogen-bond acceptors (Lipinski definition) is 11. The molecule has 0 aliphatic carbocycles. The molecule has 0 radical (unpaired) electrons. The monoisotopic (exact) mass is 887 g/mol. The molecule has 1 aromatic rings. The van der Waals surface area contributed by atoms with Gasteiger partial charge in [-0.15, -0.1) is 6.58 Å². The van der Waals surface area contributed by atoms with E-state index in [1.54, 1.807) is 65.0 Å². The van der Waals surface area contributed by atoms with E-state index in [2.05, 4.69) is 22.5 Å². The molecule has 354 valence electrons. The fourth-order valence-corrected chi connectivity index (χ4v) is 7.51. The van der Waals surface area contributed by atoms with E-state index in [-0.39, 0.29) is 55.9 Å². The van der Waals surface area contributed by atoms with E-state index in [1.165, 1.54) is 30.9 Å². The number of amides is 6. The zero-order valence-corrected chi connectivity index (χ0v) is 39.4. The molecular formula is C46H74N6O11. The number of esters is 1. The van der Waals surface area contributed by atoms with Gasteiger partial charge in [-0.05, 0) is 82.4 Å². The van der Waals surface area contributed by atoms with E-state index < -0.39 is 89.6 Å². The topological polar surface area (TPSA) is 236 Å². The molecule has 1 aliphatic rings. The van der Waals surface area contributed by atoms with E-state index in [0.717, 1.165) is 6.42 Å². The number of aliphatic hydroxyl groups is 1. The first kappa shape index (κ1) is 53.9. The van der Waals surface area contributed by atoms with Crippen LogP contribution in [0.4, 0.5) is 4.79 Å². The average molecular weight is 887 g/mol. The summed E-state index contributed by atoms with van der Waals surface area (Å²) in [4.78, 5) is 97.7. The molecule has 1 saturated heterocycles. The van der Waals surface area contributed by atoms with Gasteiger partial charge < -0.3 is 50.8 Å². The number of nitrogens with one attached hydrogen (secondary N) is 3. The number of nitrogens with two attached hydrogens (primary N) is 1. The Kier molecular flexibility index (Phi) is 21.1. The van der Waals surface area contributed by atoms with Crippen LogP contribution in [0, 0.1) is 23.7 Å². The van der Waals surface area contributed by atoms with Crippen molar-refractivity contribution in [3.8, 4) is 5.75 Å². The van der Waals surface area contributed by atoms with Gasteiger partial charge in [0, 0.05) is 25.9 Å². The predicted octanol–water partition coefficient (Wildman–Crippen LogP) is 3.64. The molecule has 63 heavy (non-hydrogen) atoms. The molecule has 1 aliphatic heterocycles. The molecule has 6 N–H and O–H groups in total. The second kappa shape index (κ2) is 24.6. The minimum Gasteiger partial charge on any atom is -0.497 e. The van der Waals surface area contributed by atoms with Gasteiger partial charge in [0.15, 0.2) is 0 Å². The van der Waals surface area contributed by atoms with Gasteiger partial charge in [0.1, 0.15) is 47.7 Å². The lowest BCUT2D eigenvalue weighted by atomic mass is 9.85. The van der Waals surface area contributed by atoms with Crippen LogP contribution in [-0.4, -0.2) is 125 Å². The van der Waals surface area contributed by atoms with Crippen molar-refractivity contribution in [1.82, 2.24) is 25.8 Å². The van der Waals surface area contributed by atoms with Gasteiger partial charge in [0.2, 0.25) is 29.5 Å². The van der Waals surface area contributed by atoms with Crippen LogP contribution in [0.5, 0.6) is 5.75 Å². The quantitative estimate of drug-likeness (QED) is 0.0786. The number of alkyl carbamates (subject to hydrolysis) is 1. The van der Waals surface area contributed by atoms with Crippen LogP contribution in [0.25, 0.3) is 0 Å². The summed E-state index contributed by atoms with van der Waals surface area (Å²) in [5.74, 6) is -4.14. The van der Waals surface area contributed by atoms with Crippen LogP contribution in [-0.2, 0) is 44.7 Å². The van der Waals surface area contributed by atoms with Crippen LogP contribution in [0.2, 0.25) is 0 Å². The number of likely N-dealkylation sites (tertiary alicyclic amines) is 1. The van der Waals surface area contributed by atoms with Gasteiger partial charge in [0.05, 0.1) is 19.6 Å². The summed E-state index contributed by atoms with van der Waals surface area (Å²) < 4.78 is 16.3. The second-order valence-corrected chi connectivity index (χ2v) is 18.3. The first-order valence-corrected chi connectivity index (χ1v) is 21.9. The maximum Gasteiger partial charge on any atom is 0.408 e. The number of methoxy groups -OCH3 is 1. The molecule has 0 spiro atoms. The molecule has 9 atom stereocenters. The molecule has 0 bridgehead atoms. The largest absolute Gasteiger partial charge is 0.497 e. The number of primary amides is 1. The lowest BCUT2D eigenvalue weighted by Gasteiger charge is -2.35. The summed E-state index contributed by atoms with van der Waals surface area (Å²) in [6.45, 7) is 21.6. The SMILES string of the molecule is C=C[C@H]([C@@H](C)CC)[C@@H](O)CC(=O)N[C@H](C(=O)N[C@@H](CC(C)C)C(=O)N1CCC[C@H]1C(=O)N(C)[C@@H](Cc1ccc(OC)cc1)C(=O)O[C@H](C)[C@H](NC(=O)OC(C)(C)C)C(N)=O)C(C)C. The van der Waals surface area contributed by atoms with Gasteiger partial charge in [-0.25, -0.2) is 9.59 Å². The maximum atomic E-state index is 14.5. The van der Waals surface area contributed by atoms with Crippen LogP contribution >= 0.6 is 0 Å². The van der Waals surface area contributed by atoms with E-state index in [1.807, 2.05) is 27.7 Å². The highest BCUT2D eigenvalue weighted by Crippen LogP contribution is 2.25. The number of rotatable bonds is 23. The molecule has 1 aromatic carbocycles. The number of carbonyl (C=O) groups is 7. The zero-order chi connectivity index (χ0) is 47.9. The van der Waals surface area contributed by atoms with Gasteiger partial charge >= 0.3 is 12.1 Å². The van der Waals surface area contributed by atoms with Crippen molar-refractivity contribution in [2.75, 3.05) is 20.7 Å². The summed E-state index contributed by atoms with van der Waals surface area (Å²) >= 11 is 0. The number of aliphatic hydroxyl groups excluding tert-OH is 1. The second-order valence-electron chi connectivity index (χ2n) is 18.3. The van der Waals surface area contributed by atoms with Gasteiger partial charge in [-0.2, -0.15) is 0 Å². The van der Waals surface area contributed by atoms with Crippen molar-refractivity contribution in [1.29, 1.82) is 0 Å². The fourth-order valence-electron chi connectivity index (χ4n) is 7.51. The van der Waals surface area contributed by atoms with Crippen LogP contribution < -0.4 is 26.4 Å². The fraction of sp³-hybridized carbons (Fsp3) is 0.674. The van der Waals surface area contributed by atoms with Gasteiger partial charge in [-0.3, -0.25) is 24.0 Å². The number of benzene rings is 1. The third-order valence-electron chi connectivity index (χ3n) is 11.2. The third-order valence-corrected chi connectivity index (χ3v) is 11.2. The summed E-state index contributed by atoms with van der Waals surface area (Å²) in [6, 6.07) is 1.01. The smallest absolute Gasteiger partial charge is 0.408 e. The molecular weight excluding hydrogens is 813 g/mol. The molecule has 17 nitrogen and oxygen atoms in total. The average Bonchev–Trinajstić information content (AvgIpc) is 3.69. The predicted molar refractivity (Wildman–Crippen MR) is 238 cm³/mol. The highest BCUT2D eigenvalue weighted by molar-refractivity contribution is 5.95. The number of carbonyl (C=O) groups excluding carboxylic acids is 7. The lowest BCUT2D eigenvalue weighted by Crippen LogP contribution is -2.59. The lowest BCUT2D eigenvalue weighted by molar-refractivity contribution is -0.161. The van der Waals surface area contributed by atoms with Crippen LogP contribution in [0.15, 0.2) is 36.9 Å². The molecule has 1 heterocycles. The Hall–Kier alpha value is -5.19. The standard InChI is InChI=1S/C46H74N6O11/c1-14-28(7)32(15-2)36(53)25-37(54)49-38(27(5)6)41(56)48-33(23-26(3)4)42(57)52-22-16-17-34(52)43(58)51(12)35(24-30-18-20-31(61-13)21-19-30)44(59)62-29(8)39(40(47)55)50-45(60)63-46(9,10)11/h15,18-21,26-29,32-36,38-39,53H,2,14,16-17,22-25H2,1,3-13H3,(H2,47,55)(H,48,56)(H,49,54)(H,50,60)/t28-,29+,32+,33-,34-,35-,36-,38-,39-/m0/s1. The van der Waals surface area contributed by atoms with Crippen molar-refractivity contribution in [2.24, 2.45) is 29.4 Å². The van der Waals surface area contributed by atoms with Crippen molar-refractivity contribution in [2.45, 2.75) is 156 Å². The molecule has 0 aromatic heterocycles. The first-order valence-electron chi connectivity index (χ1n) is 21.9. The Morgan fingerprint density at radius 1 is 0.984 bits per heavy atom. The van der Waals surface area contributed by atoms with Gasteiger partial charge in [-0.1, -0.05) is 66.2 Å². The highest BCUT2D eigenvalue weighted by atomic mass is 16.6. The third kappa shape index (κ3) is 16.5. The molecule has 6 amide bonds. The van der Waals surface area contributed by atoms with E-state index >= 15 is 0 Å². The van der Waals surface area contributed by atoms with Crippen LogP contribution in [0.3, 0.4) is 0 Å². The minimum absolute atomic E-state index is 0.0313. The normalized spacial score (nSPS) is 17.8. The number of ether oxygens (including phenoxy) is 3. The molecule has 1 fully saturated rings. The molecule has 0 saturated carbocycles. The summed E-state index contributed by atoms with van der Waals surface area (Å²) in [7, 11) is 2.94. The van der Waals surface area contributed by atoms with Crippen molar-refractivity contribution >= 4 is 41.6 Å². The molecule has 17 heteroatoms. The zero-order valence-electron chi connectivity index (χ0n) is 39.4. The number of hydrogen-bond donors (Lipinski definition) is 5. The van der Waals surface area contributed by atoms with E-state index in [9.17, 15) is 38.7 Å². The number of nitrogens with zero attached hydrogens (tertiary/aromatic N) is 2. The number of likely N-dealkylation sites (N-methyl/N-ethyl adjacent to an activating group) is 1. The maximum absolute atomic E-state index is 14.5. The molecule has 0 unspecified atom stereocenters. The summed E-state index contributed by atoms with van der Waals surface area (Å²) in [5, 5.41) is 18.8. The van der Waals surface area contributed by atoms with E-state index in [4.69, 9.17) is 19.9 Å². The first-order chi connectivity index (χ1) is 29.3. The Labute approximate surface area is 373 Å². The molecule has 2 rings (SSSR count). The highest BCUT2D eigenvalue weighted by Gasteiger charge is 2.43. The minimum atomic E-state index is -1.48. The van der Waals surface area contributed by atoms with Gasteiger partial charge in [0.25, 0.3) is 0 Å². The van der Waals surface area contributed by atoms with Crippen LogP contribution in [0.1, 0.15) is 107 Å². The van der Waals surface area contributed by atoms with Crippen molar-refractivity contribution in [3.63, 3.8) is 0 Å². The Morgan fingerprint density at radius 3 is 2.11 bits per heavy atom. The van der Waals surface area contributed by atoms with Crippen molar-refractivity contribution in [3.05, 3.63) is 42.5 Å².